The number of ether oxygens (including phenoxy) is 2. The van der Waals surface area contributed by atoms with Crippen LogP contribution in [0.1, 0.15) is 22.8 Å². The number of hydrogen-bond donors (Lipinski definition) is 2. The normalized spacial score (nSPS) is 11.5. The highest BCUT2D eigenvalue weighted by molar-refractivity contribution is 5.96. The van der Waals surface area contributed by atoms with Gasteiger partial charge in [-0.2, -0.15) is 0 Å². The minimum Gasteiger partial charge on any atom is -0.496 e. The summed E-state index contributed by atoms with van der Waals surface area (Å²) in [5.41, 5.74) is 6.33. The van der Waals surface area contributed by atoms with E-state index in [0.29, 0.717) is 5.75 Å². The van der Waals surface area contributed by atoms with Gasteiger partial charge in [0.1, 0.15) is 11.6 Å². The van der Waals surface area contributed by atoms with Crippen LogP contribution in [0.25, 0.3) is 0 Å². The van der Waals surface area contributed by atoms with Crippen molar-refractivity contribution < 1.29 is 23.5 Å². The molecule has 0 fully saturated rings. The number of benzene rings is 2. The third-order valence-electron chi connectivity index (χ3n) is 3.53. The van der Waals surface area contributed by atoms with Gasteiger partial charge in [0, 0.05) is 17.8 Å². The van der Waals surface area contributed by atoms with Crippen LogP contribution in [0.4, 0.5) is 10.1 Å². The molecule has 0 radical (unpaired) electrons. The number of carbonyl (C=O) groups excluding carboxylic acids is 2. The van der Waals surface area contributed by atoms with E-state index in [1.807, 2.05) is 18.2 Å². The van der Waals surface area contributed by atoms with Crippen LogP contribution in [0.2, 0.25) is 0 Å². The second kappa shape index (κ2) is 8.14. The Morgan fingerprint density at radius 1 is 1.24 bits per heavy atom. The van der Waals surface area contributed by atoms with Crippen molar-refractivity contribution in [3.63, 3.8) is 0 Å². The minimum atomic E-state index is -1.04. The number of methoxy groups -OCH3 is 1. The molecule has 2 rings (SSSR count). The van der Waals surface area contributed by atoms with Gasteiger partial charge in [0.25, 0.3) is 5.91 Å². The van der Waals surface area contributed by atoms with Crippen LogP contribution in [0.5, 0.6) is 5.75 Å². The summed E-state index contributed by atoms with van der Waals surface area (Å²) in [6, 6.07) is 10.6. The Morgan fingerprint density at radius 2 is 1.96 bits per heavy atom. The number of carbonyl (C=O) groups is 2. The molecule has 2 aromatic carbocycles. The topological polar surface area (TPSA) is 90.6 Å². The zero-order valence-corrected chi connectivity index (χ0v) is 13.9. The van der Waals surface area contributed by atoms with E-state index >= 15 is 0 Å². The molecule has 0 spiro atoms. The summed E-state index contributed by atoms with van der Waals surface area (Å²) in [5, 5.41) is 2.67. The second-order valence-corrected chi connectivity index (χ2v) is 5.31. The Balaban J connectivity index is 1.94. The van der Waals surface area contributed by atoms with Crippen molar-refractivity contribution in [2.75, 3.05) is 12.8 Å². The van der Waals surface area contributed by atoms with Crippen molar-refractivity contribution in [1.29, 1.82) is 0 Å². The Bertz CT molecular complexity index is 779. The van der Waals surface area contributed by atoms with E-state index < -0.39 is 23.8 Å². The number of hydrogen-bond acceptors (Lipinski definition) is 5. The Hall–Kier alpha value is -3.09. The summed E-state index contributed by atoms with van der Waals surface area (Å²) in [4.78, 5) is 24.1. The van der Waals surface area contributed by atoms with Gasteiger partial charge in [-0.05, 0) is 31.2 Å². The van der Waals surface area contributed by atoms with Crippen molar-refractivity contribution in [3.05, 3.63) is 59.4 Å². The maximum absolute atomic E-state index is 13.0. The predicted molar refractivity (Wildman–Crippen MR) is 90.5 cm³/mol. The maximum Gasteiger partial charge on any atom is 0.341 e. The molecule has 0 saturated carbocycles. The van der Waals surface area contributed by atoms with Gasteiger partial charge in [0.15, 0.2) is 6.10 Å². The third-order valence-corrected chi connectivity index (χ3v) is 3.53. The van der Waals surface area contributed by atoms with Gasteiger partial charge in [0.2, 0.25) is 0 Å². The SMILES string of the molecule is COc1ccccc1CNC(=O)[C@@H](C)OC(=O)c1ccc(F)cc1N. The second-order valence-electron chi connectivity index (χ2n) is 5.31. The molecule has 0 aliphatic carbocycles. The van der Waals surface area contributed by atoms with E-state index in [1.54, 1.807) is 6.07 Å². The van der Waals surface area contributed by atoms with Crippen LogP contribution >= 0.6 is 0 Å². The number of nitrogens with one attached hydrogen (secondary N) is 1. The zero-order valence-electron chi connectivity index (χ0n) is 13.9. The third kappa shape index (κ3) is 4.69. The molecule has 6 nitrogen and oxygen atoms in total. The monoisotopic (exact) mass is 346 g/mol. The van der Waals surface area contributed by atoms with E-state index in [2.05, 4.69) is 5.32 Å². The van der Waals surface area contributed by atoms with Gasteiger partial charge in [-0.1, -0.05) is 18.2 Å². The number of nitrogen functional groups attached to an aromatic ring is 1. The molecule has 0 aromatic heterocycles. The molecule has 0 saturated heterocycles. The van der Waals surface area contributed by atoms with Crippen LogP contribution in [-0.2, 0) is 16.1 Å². The average molecular weight is 346 g/mol. The van der Waals surface area contributed by atoms with Crippen molar-refractivity contribution in [2.24, 2.45) is 0 Å². The lowest BCUT2D eigenvalue weighted by Gasteiger charge is -2.15. The summed E-state index contributed by atoms with van der Waals surface area (Å²) < 4.78 is 23.3. The zero-order chi connectivity index (χ0) is 18.4. The molecule has 1 amide bonds. The van der Waals surface area contributed by atoms with Gasteiger partial charge in [0.05, 0.1) is 12.7 Å². The van der Waals surface area contributed by atoms with Crippen molar-refractivity contribution in [2.45, 2.75) is 19.6 Å². The first-order valence-corrected chi connectivity index (χ1v) is 7.58. The Labute approximate surface area is 144 Å². The van der Waals surface area contributed by atoms with Gasteiger partial charge in [-0.25, -0.2) is 9.18 Å². The Morgan fingerprint density at radius 3 is 2.64 bits per heavy atom. The fourth-order valence-electron chi connectivity index (χ4n) is 2.17. The molecule has 1 atom stereocenters. The minimum absolute atomic E-state index is 0.00535. The van der Waals surface area contributed by atoms with Crippen LogP contribution in [-0.4, -0.2) is 25.1 Å². The lowest BCUT2D eigenvalue weighted by atomic mass is 10.2. The van der Waals surface area contributed by atoms with Crippen LogP contribution < -0.4 is 15.8 Å². The van der Waals surface area contributed by atoms with E-state index in [1.165, 1.54) is 20.1 Å². The molecular formula is C18H19FN2O4. The first kappa shape index (κ1) is 18.3. The number of esters is 1. The first-order chi connectivity index (χ1) is 11.9. The fourth-order valence-corrected chi connectivity index (χ4v) is 2.17. The lowest BCUT2D eigenvalue weighted by Crippen LogP contribution is -2.35. The molecule has 0 bridgehead atoms. The number of halogens is 1. The number of amides is 1. The Kier molecular flexibility index (Phi) is 5.94. The number of rotatable bonds is 6. The van der Waals surface area contributed by atoms with E-state index in [4.69, 9.17) is 15.2 Å². The van der Waals surface area contributed by atoms with Gasteiger partial charge in [-0.15, -0.1) is 0 Å². The molecule has 132 valence electrons. The number of anilines is 1. The summed E-state index contributed by atoms with van der Waals surface area (Å²) in [7, 11) is 1.54. The number of nitrogens with two attached hydrogens (primary N) is 1. The summed E-state index contributed by atoms with van der Waals surface area (Å²) in [6.45, 7) is 1.67. The molecular weight excluding hydrogens is 327 g/mol. The standard InChI is InChI=1S/C18H19FN2O4/c1-11(25-18(23)14-8-7-13(19)9-15(14)20)17(22)21-10-12-5-3-4-6-16(12)24-2/h3-9,11H,10,20H2,1-2H3,(H,21,22)/t11-/m1/s1. The molecule has 2 aromatic rings. The smallest absolute Gasteiger partial charge is 0.341 e. The molecule has 0 heterocycles. The molecule has 7 heteroatoms. The fraction of sp³-hybridized carbons (Fsp3) is 0.222. The van der Waals surface area contributed by atoms with Crippen LogP contribution in [0, 0.1) is 5.82 Å². The average Bonchev–Trinajstić information content (AvgIpc) is 2.59. The molecule has 25 heavy (non-hydrogen) atoms. The molecule has 0 aliphatic heterocycles. The quantitative estimate of drug-likeness (QED) is 0.619. The molecule has 0 unspecified atom stereocenters. The maximum atomic E-state index is 13.0. The highest BCUT2D eigenvalue weighted by atomic mass is 19.1. The van der Waals surface area contributed by atoms with Crippen LogP contribution in [0.15, 0.2) is 42.5 Å². The van der Waals surface area contributed by atoms with Gasteiger partial charge >= 0.3 is 5.97 Å². The lowest BCUT2D eigenvalue weighted by molar-refractivity contribution is -0.129. The van der Waals surface area contributed by atoms with Gasteiger partial charge in [-0.3, -0.25) is 4.79 Å². The predicted octanol–water partition coefficient (Wildman–Crippen LogP) is 2.28. The summed E-state index contributed by atoms with van der Waals surface area (Å²) in [6.07, 6.45) is -1.04. The largest absolute Gasteiger partial charge is 0.496 e. The molecule has 0 aliphatic rings. The van der Waals surface area contributed by atoms with Crippen molar-refractivity contribution in [3.8, 4) is 5.75 Å². The summed E-state index contributed by atoms with van der Waals surface area (Å²) in [5.74, 6) is -1.18. The first-order valence-electron chi connectivity index (χ1n) is 7.58. The highest BCUT2D eigenvalue weighted by Gasteiger charge is 2.20. The van der Waals surface area contributed by atoms with E-state index in [9.17, 15) is 14.0 Å². The van der Waals surface area contributed by atoms with Crippen LogP contribution in [0.3, 0.4) is 0 Å². The van der Waals surface area contributed by atoms with E-state index in [-0.39, 0.29) is 17.8 Å². The molecule has 3 N–H and O–H groups in total. The van der Waals surface area contributed by atoms with Crippen molar-refractivity contribution >= 4 is 17.6 Å². The number of para-hydroxylation sites is 1. The van der Waals surface area contributed by atoms with Crippen molar-refractivity contribution in [1.82, 2.24) is 5.32 Å². The van der Waals surface area contributed by atoms with Gasteiger partial charge < -0.3 is 20.5 Å². The van der Waals surface area contributed by atoms with E-state index in [0.717, 1.165) is 17.7 Å². The highest BCUT2D eigenvalue weighted by Crippen LogP contribution is 2.17. The summed E-state index contributed by atoms with van der Waals surface area (Å²) >= 11 is 0.